The third kappa shape index (κ3) is 2.21. The van der Waals surface area contributed by atoms with Crippen LogP contribution in [0.4, 0.5) is 5.69 Å². The first kappa shape index (κ1) is 10.2. The van der Waals surface area contributed by atoms with E-state index in [-0.39, 0.29) is 0 Å². The van der Waals surface area contributed by atoms with Crippen LogP contribution < -0.4 is 5.32 Å². The molecule has 15 heavy (non-hydrogen) atoms. The summed E-state index contributed by atoms with van der Waals surface area (Å²) in [5.74, 6) is 0. The summed E-state index contributed by atoms with van der Waals surface area (Å²) in [5, 5.41) is 10.1. The minimum absolute atomic E-state index is 0.326. The molecule has 0 saturated heterocycles. The summed E-state index contributed by atoms with van der Waals surface area (Å²) in [6.07, 6.45) is 3.66. The lowest BCUT2D eigenvalue weighted by molar-refractivity contribution is 0.882. The van der Waals surface area contributed by atoms with E-state index in [0.29, 0.717) is 6.04 Å². The average Bonchev–Trinajstić information content (AvgIpc) is 2.75. The van der Waals surface area contributed by atoms with E-state index in [1.165, 1.54) is 15.3 Å². The summed E-state index contributed by atoms with van der Waals surface area (Å²) < 4.78 is 0. The van der Waals surface area contributed by atoms with Gasteiger partial charge < -0.3 is 5.32 Å². The van der Waals surface area contributed by atoms with E-state index in [1.54, 1.807) is 6.20 Å². The Bertz CT molecular complexity index is 431. The zero-order valence-electron chi connectivity index (χ0n) is 9.16. The zero-order chi connectivity index (χ0) is 10.8. The van der Waals surface area contributed by atoms with Crippen molar-refractivity contribution in [3.8, 4) is 0 Å². The Hall–Kier alpha value is -1.29. The van der Waals surface area contributed by atoms with Crippen molar-refractivity contribution in [1.29, 1.82) is 0 Å². The minimum Gasteiger partial charge on any atom is -0.376 e. The number of thiophene rings is 1. The second-order valence-electron chi connectivity index (χ2n) is 3.72. The molecule has 1 atom stereocenters. The SMILES string of the molecule is Cc1cc(C(C)Nc2cn[nH]c2)c(C)s1. The molecule has 0 amide bonds. The van der Waals surface area contributed by atoms with Gasteiger partial charge in [0.2, 0.25) is 0 Å². The molecule has 0 aromatic carbocycles. The fraction of sp³-hybridized carbons (Fsp3) is 0.364. The highest BCUT2D eigenvalue weighted by atomic mass is 32.1. The minimum atomic E-state index is 0.326. The van der Waals surface area contributed by atoms with Crippen LogP contribution in [-0.4, -0.2) is 10.2 Å². The molecule has 0 saturated carbocycles. The first-order chi connectivity index (χ1) is 7.16. The van der Waals surface area contributed by atoms with Crippen molar-refractivity contribution in [3.05, 3.63) is 33.8 Å². The van der Waals surface area contributed by atoms with E-state index in [1.807, 2.05) is 17.5 Å². The van der Waals surface area contributed by atoms with Crippen LogP contribution in [0.2, 0.25) is 0 Å². The van der Waals surface area contributed by atoms with Gasteiger partial charge in [0, 0.05) is 22.0 Å². The first-order valence-electron chi connectivity index (χ1n) is 4.99. The standard InChI is InChI=1S/C11H15N3S/c1-7-4-11(9(3)15-7)8(2)14-10-5-12-13-6-10/h4-6,8,14H,1-3H3,(H,12,13). The quantitative estimate of drug-likeness (QED) is 0.835. The van der Waals surface area contributed by atoms with Gasteiger partial charge in [-0.2, -0.15) is 5.10 Å². The van der Waals surface area contributed by atoms with E-state index < -0.39 is 0 Å². The van der Waals surface area contributed by atoms with Crippen LogP contribution >= 0.6 is 11.3 Å². The number of nitrogens with zero attached hydrogens (tertiary/aromatic N) is 1. The van der Waals surface area contributed by atoms with Gasteiger partial charge >= 0.3 is 0 Å². The summed E-state index contributed by atoms with van der Waals surface area (Å²) in [6, 6.07) is 2.57. The Labute approximate surface area is 93.5 Å². The monoisotopic (exact) mass is 221 g/mol. The second kappa shape index (κ2) is 4.06. The number of hydrogen-bond donors (Lipinski definition) is 2. The number of rotatable bonds is 3. The molecule has 0 aliphatic heterocycles. The molecule has 0 aliphatic rings. The number of anilines is 1. The number of aromatic nitrogens is 2. The Morgan fingerprint density at radius 2 is 2.27 bits per heavy atom. The zero-order valence-corrected chi connectivity index (χ0v) is 9.98. The molecule has 0 spiro atoms. The normalized spacial score (nSPS) is 12.7. The number of hydrogen-bond acceptors (Lipinski definition) is 3. The maximum atomic E-state index is 3.91. The van der Waals surface area contributed by atoms with Crippen molar-refractivity contribution < 1.29 is 0 Å². The Kier molecular flexibility index (Phi) is 2.77. The summed E-state index contributed by atoms with van der Waals surface area (Å²) in [5.41, 5.74) is 2.41. The van der Waals surface area contributed by atoms with E-state index in [0.717, 1.165) is 5.69 Å². The smallest absolute Gasteiger partial charge is 0.0728 e. The Balaban J connectivity index is 2.14. The molecule has 3 nitrogen and oxygen atoms in total. The lowest BCUT2D eigenvalue weighted by atomic mass is 10.1. The predicted molar refractivity (Wildman–Crippen MR) is 64.4 cm³/mol. The van der Waals surface area contributed by atoms with Crippen LogP contribution in [0.1, 0.15) is 28.3 Å². The second-order valence-corrected chi connectivity index (χ2v) is 5.18. The lowest BCUT2D eigenvalue weighted by Gasteiger charge is -2.13. The number of H-pyrrole nitrogens is 1. The van der Waals surface area contributed by atoms with Crippen LogP contribution in [0.5, 0.6) is 0 Å². The maximum Gasteiger partial charge on any atom is 0.0728 e. The lowest BCUT2D eigenvalue weighted by Crippen LogP contribution is -2.05. The molecule has 1 unspecified atom stereocenters. The molecule has 0 fully saturated rings. The van der Waals surface area contributed by atoms with Gasteiger partial charge in [-0.3, -0.25) is 5.10 Å². The molecule has 4 heteroatoms. The molecule has 2 heterocycles. The van der Waals surface area contributed by atoms with Crippen molar-refractivity contribution >= 4 is 17.0 Å². The van der Waals surface area contributed by atoms with E-state index in [4.69, 9.17) is 0 Å². The van der Waals surface area contributed by atoms with Crippen LogP contribution in [0, 0.1) is 13.8 Å². The van der Waals surface area contributed by atoms with E-state index in [9.17, 15) is 0 Å². The maximum absolute atomic E-state index is 3.91. The van der Waals surface area contributed by atoms with Gasteiger partial charge in [-0.05, 0) is 32.4 Å². The molecule has 2 aromatic heterocycles. The molecular weight excluding hydrogens is 206 g/mol. The molecular formula is C11H15N3S. The van der Waals surface area contributed by atoms with Crippen molar-refractivity contribution in [2.75, 3.05) is 5.32 Å². The number of nitrogens with one attached hydrogen (secondary N) is 2. The van der Waals surface area contributed by atoms with Crippen molar-refractivity contribution in [2.45, 2.75) is 26.8 Å². The fourth-order valence-corrected chi connectivity index (χ4v) is 2.76. The van der Waals surface area contributed by atoms with E-state index >= 15 is 0 Å². The average molecular weight is 221 g/mol. The molecule has 2 rings (SSSR count). The van der Waals surface area contributed by atoms with E-state index in [2.05, 4.69) is 42.4 Å². The summed E-state index contributed by atoms with van der Waals surface area (Å²) >= 11 is 1.85. The highest BCUT2D eigenvalue weighted by Crippen LogP contribution is 2.28. The van der Waals surface area contributed by atoms with Crippen LogP contribution in [-0.2, 0) is 0 Å². The fourth-order valence-electron chi connectivity index (χ4n) is 1.74. The molecule has 80 valence electrons. The number of aryl methyl sites for hydroxylation is 2. The molecule has 2 N–H and O–H groups in total. The van der Waals surface area contributed by atoms with Crippen LogP contribution in [0.3, 0.4) is 0 Å². The van der Waals surface area contributed by atoms with Gasteiger partial charge in [-0.15, -0.1) is 11.3 Å². The number of aromatic amines is 1. The van der Waals surface area contributed by atoms with Crippen molar-refractivity contribution in [2.24, 2.45) is 0 Å². The summed E-state index contributed by atoms with van der Waals surface area (Å²) in [4.78, 5) is 2.75. The highest BCUT2D eigenvalue weighted by Gasteiger charge is 2.11. The molecule has 0 radical (unpaired) electrons. The third-order valence-electron chi connectivity index (χ3n) is 2.43. The Morgan fingerprint density at radius 1 is 1.47 bits per heavy atom. The molecule has 0 bridgehead atoms. The topological polar surface area (TPSA) is 40.7 Å². The molecule has 2 aromatic rings. The van der Waals surface area contributed by atoms with Crippen molar-refractivity contribution in [3.63, 3.8) is 0 Å². The van der Waals surface area contributed by atoms with Gasteiger partial charge in [0.25, 0.3) is 0 Å². The summed E-state index contributed by atoms with van der Waals surface area (Å²) in [7, 11) is 0. The summed E-state index contributed by atoms with van der Waals surface area (Å²) in [6.45, 7) is 6.48. The van der Waals surface area contributed by atoms with Gasteiger partial charge in [0.05, 0.1) is 11.9 Å². The first-order valence-corrected chi connectivity index (χ1v) is 5.80. The third-order valence-corrected chi connectivity index (χ3v) is 3.41. The van der Waals surface area contributed by atoms with Crippen LogP contribution in [0.25, 0.3) is 0 Å². The van der Waals surface area contributed by atoms with Gasteiger partial charge in [0.1, 0.15) is 0 Å². The van der Waals surface area contributed by atoms with Crippen LogP contribution in [0.15, 0.2) is 18.5 Å². The molecule has 0 aliphatic carbocycles. The van der Waals surface area contributed by atoms with Gasteiger partial charge in [0.15, 0.2) is 0 Å². The van der Waals surface area contributed by atoms with Gasteiger partial charge in [-0.1, -0.05) is 0 Å². The Morgan fingerprint density at radius 3 is 2.80 bits per heavy atom. The predicted octanol–water partition coefficient (Wildman–Crippen LogP) is 3.26. The van der Waals surface area contributed by atoms with Crippen molar-refractivity contribution in [1.82, 2.24) is 10.2 Å². The van der Waals surface area contributed by atoms with Gasteiger partial charge in [-0.25, -0.2) is 0 Å². The highest BCUT2D eigenvalue weighted by molar-refractivity contribution is 7.12. The largest absolute Gasteiger partial charge is 0.376 e.